The van der Waals surface area contributed by atoms with Crippen molar-refractivity contribution in [3.8, 4) is 0 Å². The number of rotatable bonds is 4. The molecule has 17 heavy (non-hydrogen) atoms. The predicted molar refractivity (Wildman–Crippen MR) is 71.2 cm³/mol. The summed E-state index contributed by atoms with van der Waals surface area (Å²) in [5.74, 6) is 2.03. The van der Waals surface area contributed by atoms with E-state index in [9.17, 15) is 0 Å². The first kappa shape index (κ1) is 11.9. The first-order valence-corrected chi connectivity index (χ1v) is 7.47. The topological polar surface area (TPSA) is 18.5 Å². The predicted octanol–water partition coefficient (Wildman–Crippen LogP) is 1.01. The lowest BCUT2D eigenvalue weighted by Crippen LogP contribution is -2.57. The number of likely N-dealkylation sites (tertiary alicyclic amines) is 1. The standard InChI is InChI=1S/C14H27N3/c1-3-16-10-12-11-5-8-17(9-6-11)14(12)13(16)4-7-15-2/h11-15H,3-10H2,1-2H3. The first-order chi connectivity index (χ1) is 8.35. The fourth-order valence-corrected chi connectivity index (χ4v) is 4.61. The van der Waals surface area contributed by atoms with Gasteiger partial charge in [0.25, 0.3) is 0 Å². The highest BCUT2D eigenvalue weighted by atomic mass is 15.3. The van der Waals surface area contributed by atoms with E-state index in [4.69, 9.17) is 0 Å². The number of nitrogens with zero attached hydrogens (tertiary/aromatic N) is 2. The summed E-state index contributed by atoms with van der Waals surface area (Å²) >= 11 is 0. The summed E-state index contributed by atoms with van der Waals surface area (Å²) < 4.78 is 0. The molecule has 3 heteroatoms. The van der Waals surface area contributed by atoms with E-state index in [2.05, 4.69) is 29.1 Å². The molecule has 0 aliphatic carbocycles. The van der Waals surface area contributed by atoms with Gasteiger partial charge in [0.15, 0.2) is 0 Å². The van der Waals surface area contributed by atoms with Crippen LogP contribution in [0.2, 0.25) is 0 Å². The largest absolute Gasteiger partial charge is 0.320 e. The van der Waals surface area contributed by atoms with Crippen LogP contribution in [-0.2, 0) is 0 Å². The van der Waals surface area contributed by atoms with Crippen molar-refractivity contribution >= 4 is 0 Å². The lowest BCUT2D eigenvalue weighted by atomic mass is 9.73. The second kappa shape index (κ2) is 4.87. The highest BCUT2D eigenvalue weighted by molar-refractivity contribution is 5.06. The van der Waals surface area contributed by atoms with Gasteiger partial charge in [-0.3, -0.25) is 9.80 Å². The van der Waals surface area contributed by atoms with Gasteiger partial charge in [0.2, 0.25) is 0 Å². The quantitative estimate of drug-likeness (QED) is 0.787. The second-order valence-corrected chi connectivity index (χ2v) is 6.07. The van der Waals surface area contributed by atoms with Gasteiger partial charge in [-0.25, -0.2) is 0 Å². The van der Waals surface area contributed by atoms with E-state index in [0.717, 1.165) is 23.9 Å². The average Bonchev–Trinajstić information content (AvgIpc) is 2.78. The third kappa shape index (κ3) is 1.92. The Bertz CT molecular complexity index is 260. The number of nitrogens with one attached hydrogen (secondary N) is 1. The summed E-state index contributed by atoms with van der Waals surface area (Å²) in [5, 5.41) is 3.33. The number of hydrogen-bond donors (Lipinski definition) is 1. The van der Waals surface area contributed by atoms with Crippen LogP contribution in [-0.4, -0.2) is 61.7 Å². The molecule has 0 aromatic heterocycles. The van der Waals surface area contributed by atoms with E-state index < -0.39 is 0 Å². The zero-order valence-corrected chi connectivity index (χ0v) is 11.4. The Labute approximate surface area is 106 Å². The van der Waals surface area contributed by atoms with Crippen molar-refractivity contribution in [3.63, 3.8) is 0 Å². The van der Waals surface area contributed by atoms with Crippen molar-refractivity contribution in [1.82, 2.24) is 15.1 Å². The molecule has 4 saturated heterocycles. The molecule has 0 saturated carbocycles. The van der Waals surface area contributed by atoms with E-state index in [0.29, 0.717) is 0 Å². The summed E-state index contributed by atoms with van der Waals surface area (Å²) in [4.78, 5) is 5.56. The maximum Gasteiger partial charge on any atom is 0.0295 e. The van der Waals surface area contributed by atoms with Crippen molar-refractivity contribution in [2.24, 2.45) is 11.8 Å². The Morgan fingerprint density at radius 3 is 2.65 bits per heavy atom. The molecular weight excluding hydrogens is 210 g/mol. The van der Waals surface area contributed by atoms with Crippen molar-refractivity contribution in [2.45, 2.75) is 38.3 Å². The second-order valence-electron chi connectivity index (χ2n) is 6.07. The fourth-order valence-electron chi connectivity index (χ4n) is 4.61. The van der Waals surface area contributed by atoms with Crippen molar-refractivity contribution in [3.05, 3.63) is 0 Å². The van der Waals surface area contributed by atoms with Gasteiger partial charge in [-0.05, 0) is 64.3 Å². The van der Waals surface area contributed by atoms with Crippen LogP contribution in [0.1, 0.15) is 26.2 Å². The van der Waals surface area contributed by atoms with Crippen LogP contribution in [0, 0.1) is 11.8 Å². The number of piperidine rings is 3. The van der Waals surface area contributed by atoms with Crippen molar-refractivity contribution in [2.75, 3.05) is 39.8 Å². The molecule has 2 bridgehead atoms. The van der Waals surface area contributed by atoms with Gasteiger partial charge in [-0.1, -0.05) is 6.92 Å². The van der Waals surface area contributed by atoms with E-state index in [1.165, 1.54) is 52.0 Å². The highest BCUT2D eigenvalue weighted by Gasteiger charge is 2.51. The third-order valence-corrected chi connectivity index (χ3v) is 5.44. The Kier molecular flexibility index (Phi) is 3.42. The normalized spacial score (nSPS) is 45.2. The Balaban J connectivity index is 1.76. The molecular formula is C14H27N3. The van der Waals surface area contributed by atoms with E-state index in [1.54, 1.807) is 0 Å². The number of likely N-dealkylation sites (N-methyl/N-ethyl adjacent to an activating group) is 1. The van der Waals surface area contributed by atoms with Crippen molar-refractivity contribution < 1.29 is 0 Å². The van der Waals surface area contributed by atoms with Crippen molar-refractivity contribution in [1.29, 1.82) is 0 Å². The Hall–Kier alpha value is -0.120. The third-order valence-electron chi connectivity index (χ3n) is 5.44. The van der Waals surface area contributed by atoms with Gasteiger partial charge in [0, 0.05) is 18.6 Å². The van der Waals surface area contributed by atoms with Gasteiger partial charge >= 0.3 is 0 Å². The molecule has 4 aliphatic rings. The molecule has 0 radical (unpaired) electrons. The molecule has 0 spiro atoms. The molecule has 3 nitrogen and oxygen atoms in total. The van der Waals surface area contributed by atoms with Crippen LogP contribution in [0.15, 0.2) is 0 Å². The maximum atomic E-state index is 3.33. The molecule has 4 rings (SSSR count). The summed E-state index contributed by atoms with van der Waals surface area (Å²) in [6, 6.07) is 1.70. The first-order valence-electron chi connectivity index (χ1n) is 7.47. The summed E-state index contributed by atoms with van der Waals surface area (Å²) in [7, 11) is 2.08. The van der Waals surface area contributed by atoms with Gasteiger partial charge < -0.3 is 5.32 Å². The highest BCUT2D eigenvalue weighted by Crippen LogP contribution is 2.44. The summed E-state index contributed by atoms with van der Waals surface area (Å²) in [5.41, 5.74) is 0. The SMILES string of the molecule is CCN1CC2C3CCN(CC3)C2C1CCNC. The van der Waals surface area contributed by atoms with Gasteiger partial charge in [-0.15, -0.1) is 0 Å². The smallest absolute Gasteiger partial charge is 0.0295 e. The van der Waals surface area contributed by atoms with E-state index in [-0.39, 0.29) is 0 Å². The molecule has 4 heterocycles. The molecule has 0 aromatic rings. The molecule has 0 aromatic carbocycles. The van der Waals surface area contributed by atoms with E-state index in [1.807, 2.05) is 0 Å². The molecule has 1 N–H and O–H groups in total. The zero-order chi connectivity index (χ0) is 11.8. The maximum absolute atomic E-state index is 3.33. The van der Waals surface area contributed by atoms with Crippen LogP contribution in [0.4, 0.5) is 0 Å². The van der Waals surface area contributed by atoms with E-state index >= 15 is 0 Å². The molecule has 3 atom stereocenters. The molecule has 4 fully saturated rings. The summed E-state index contributed by atoms with van der Waals surface area (Å²) in [6.45, 7) is 8.86. The zero-order valence-electron chi connectivity index (χ0n) is 11.4. The average molecular weight is 237 g/mol. The van der Waals surface area contributed by atoms with Crippen LogP contribution >= 0.6 is 0 Å². The van der Waals surface area contributed by atoms with Crippen LogP contribution in [0.5, 0.6) is 0 Å². The number of fused-ring (bicyclic) bond motifs is 2. The van der Waals surface area contributed by atoms with Crippen LogP contribution < -0.4 is 5.32 Å². The Morgan fingerprint density at radius 1 is 1.24 bits per heavy atom. The minimum absolute atomic E-state index is 0.820. The lowest BCUT2D eigenvalue weighted by Gasteiger charge is -2.49. The molecule has 98 valence electrons. The van der Waals surface area contributed by atoms with Crippen LogP contribution in [0.3, 0.4) is 0 Å². The van der Waals surface area contributed by atoms with Gasteiger partial charge in [0.05, 0.1) is 0 Å². The molecule has 4 aliphatic heterocycles. The lowest BCUT2D eigenvalue weighted by molar-refractivity contribution is 0.00257. The van der Waals surface area contributed by atoms with Gasteiger partial charge in [-0.2, -0.15) is 0 Å². The fraction of sp³-hybridized carbons (Fsp3) is 1.00. The van der Waals surface area contributed by atoms with Crippen LogP contribution in [0.25, 0.3) is 0 Å². The molecule has 0 amide bonds. The van der Waals surface area contributed by atoms with Gasteiger partial charge in [0.1, 0.15) is 0 Å². The monoisotopic (exact) mass is 237 g/mol. The minimum Gasteiger partial charge on any atom is -0.320 e. The molecule has 3 unspecified atom stereocenters. The number of hydrogen-bond acceptors (Lipinski definition) is 3. The minimum atomic E-state index is 0.820. The summed E-state index contributed by atoms with van der Waals surface area (Å²) in [6.07, 6.45) is 4.27. The Morgan fingerprint density at radius 2 is 2.00 bits per heavy atom.